The third kappa shape index (κ3) is 3.16. The first kappa shape index (κ1) is 14.7. The molecule has 1 saturated carbocycles. The molecule has 3 rings (SSSR count). The smallest absolute Gasteiger partial charge is 0.166 e. The zero-order valence-electron chi connectivity index (χ0n) is 12.6. The van der Waals surface area contributed by atoms with Crippen LogP contribution in [0.15, 0.2) is 60.7 Å². The van der Waals surface area contributed by atoms with Gasteiger partial charge in [0.25, 0.3) is 0 Å². The Balaban J connectivity index is 1.71. The van der Waals surface area contributed by atoms with Crippen molar-refractivity contribution in [3.63, 3.8) is 0 Å². The molecular formula is C20H20O2. The zero-order valence-corrected chi connectivity index (χ0v) is 12.6. The van der Waals surface area contributed by atoms with Gasteiger partial charge in [-0.15, -0.1) is 0 Å². The number of hydrogen-bond donors (Lipinski definition) is 0. The molecule has 2 nitrogen and oxygen atoms in total. The van der Waals surface area contributed by atoms with Crippen LogP contribution in [0.4, 0.5) is 0 Å². The van der Waals surface area contributed by atoms with Crippen molar-refractivity contribution in [3.05, 3.63) is 71.8 Å². The second-order valence-electron chi connectivity index (χ2n) is 6.02. The minimum atomic E-state index is -0.00457. The van der Waals surface area contributed by atoms with Crippen molar-refractivity contribution in [1.82, 2.24) is 0 Å². The highest BCUT2D eigenvalue weighted by Gasteiger charge is 2.34. The molecule has 0 bridgehead atoms. The highest BCUT2D eigenvalue weighted by atomic mass is 16.1. The molecule has 0 amide bonds. The monoisotopic (exact) mass is 292 g/mol. The highest BCUT2D eigenvalue weighted by Crippen LogP contribution is 2.37. The Hall–Kier alpha value is -2.22. The summed E-state index contributed by atoms with van der Waals surface area (Å²) >= 11 is 0. The molecule has 2 heteroatoms. The standard InChI is InChI=1S/C20H20O2/c21-19(15-8-3-1-4-9-15)14-17-12-7-13-18(17)20(22)16-10-5-2-6-11-16/h1-6,8-11,17-18H,7,12-14H2/t17-,18-/m1/s1. The lowest BCUT2D eigenvalue weighted by molar-refractivity contribution is 0.0861. The minimum absolute atomic E-state index is 0.00457. The van der Waals surface area contributed by atoms with Crippen molar-refractivity contribution < 1.29 is 9.59 Å². The lowest BCUT2D eigenvalue weighted by Gasteiger charge is -2.18. The third-order valence-corrected chi connectivity index (χ3v) is 4.60. The van der Waals surface area contributed by atoms with Gasteiger partial charge in [-0.05, 0) is 18.8 Å². The zero-order chi connectivity index (χ0) is 15.4. The Morgan fingerprint density at radius 3 is 2.05 bits per heavy atom. The van der Waals surface area contributed by atoms with Gasteiger partial charge in [-0.3, -0.25) is 9.59 Å². The maximum Gasteiger partial charge on any atom is 0.166 e. The molecule has 1 fully saturated rings. The van der Waals surface area contributed by atoms with E-state index in [-0.39, 0.29) is 23.4 Å². The van der Waals surface area contributed by atoms with E-state index < -0.39 is 0 Å². The quantitative estimate of drug-likeness (QED) is 0.757. The average Bonchev–Trinajstić information content (AvgIpc) is 3.04. The van der Waals surface area contributed by atoms with Gasteiger partial charge in [0, 0.05) is 23.5 Å². The summed E-state index contributed by atoms with van der Waals surface area (Å²) < 4.78 is 0. The number of benzene rings is 2. The summed E-state index contributed by atoms with van der Waals surface area (Å²) in [6.07, 6.45) is 3.39. The molecule has 1 aliphatic rings. The summed E-state index contributed by atoms with van der Waals surface area (Å²) in [6, 6.07) is 18.8. The van der Waals surface area contributed by atoms with Crippen LogP contribution in [-0.2, 0) is 0 Å². The second kappa shape index (κ2) is 6.69. The van der Waals surface area contributed by atoms with E-state index in [9.17, 15) is 9.59 Å². The van der Waals surface area contributed by atoms with Crippen LogP contribution in [0.3, 0.4) is 0 Å². The number of hydrogen-bond acceptors (Lipinski definition) is 2. The molecule has 2 atom stereocenters. The second-order valence-corrected chi connectivity index (χ2v) is 6.02. The number of Topliss-reactive ketones (excluding diaryl/α,β-unsaturated/α-hetero) is 2. The van der Waals surface area contributed by atoms with Gasteiger partial charge in [0.2, 0.25) is 0 Å². The van der Waals surface area contributed by atoms with E-state index in [1.165, 1.54) is 0 Å². The molecule has 0 spiro atoms. The van der Waals surface area contributed by atoms with Gasteiger partial charge in [-0.25, -0.2) is 0 Å². The predicted molar refractivity (Wildman–Crippen MR) is 87.0 cm³/mol. The van der Waals surface area contributed by atoms with Gasteiger partial charge in [0.1, 0.15) is 0 Å². The van der Waals surface area contributed by atoms with Gasteiger partial charge in [-0.1, -0.05) is 67.1 Å². The summed E-state index contributed by atoms with van der Waals surface area (Å²) in [5.41, 5.74) is 1.52. The summed E-state index contributed by atoms with van der Waals surface area (Å²) in [5.74, 6) is 0.526. The van der Waals surface area contributed by atoms with Crippen LogP contribution in [0, 0.1) is 11.8 Å². The molecular weight excluding hydrogens is 272 g/mol. The van der Waals surface area contributed by atoms with Crippen LogP contribution in [0.25, 0.3) is 0 Å². The molecule has 1 aliphatic carbocycles. The predicted octanol–water partition coefficient (Wildman–Crippen LogP) is 4.56. The fraction of sp³-hybridized carbons (Fsp3) is 0.300. The summed E-state index contributed by atoms with van der Waals surface area (Å²) in [4.78, 5) is 25.1. The van der Waals surface area contributed by atoms with Crippen molar-refractivity contribution in [3.8, 4) is 0 Å². The highest BCUT2D eigenvalue weighted by molar-refractivity contribution is 6.00. The van der Waals surface area contributed by atoms with Crippen molar-refractivity contribution in [2.75, 3.05) is 0 Å². The summed E-state index contributed by atoms with van der Waals surface area (Å²) in [7, 11) is 0. The van der Waals surface area contributed by atoms with Crippen molar-refractivity contribution in [1.29, 1.82) is 0 Å². The molecule has 22 heavy (non-hydrogen) atoms. The van der Waals surface area contributed by atoms with Crippen molar-refractivity contribution >= 4 is 11.6 Å². The van der Waals surface area contributed by atoms with Crippen LogP contribution in [-0.4, -0.2) is 11.6 Å². The Morgan fingerprint density at radius 1 is 0.818 bits per heavy atom. The lowest BCUT2D eigenvalue weighted by Crippen LogP contribution is -2.21. The summed E-state index contributed by atoms with van der Waals surface area (Å²) in [5, 5.41) is 0. The molecule has 0 saturated heterocycles. The van der Waals surface area contributed by atoms with E-state index in [0.717, 1.165) is 30.4 Å². The Kier molecular flexibility index (Phi) is 4.47. The molecule has 2 aromatic carbocycles. The summed E-state index contributed by atoms with van der Waals surface area (Å²) in [6.45, 7) is 0. The number of carbonyl (C=O) groups is 2. The molecule has 0 aromatic heterocycles. The number of carbonyl (C=O) groups excluding carboxylic acids is 2. The van der Waals surface area contributed by atoms with Crippen molar-refractivity contribution in [2.45, 2.75) is 25.7 Å². The Bertz CT molecular complexity index is 646. The first-order valence-corrected chi connectivity index (χ1v) is 7.93. The fourth-order valence-corrected chi connectivity index (χ4v) is 3.42. The first-order chi connectivity index (χ1) is 10.8. The average molecular weight is 292 g/mol. The van der Waals surface area contributed by atoms with E-state index in [4.69, 9.17) is 0 Å². The Morgan fingerprint density at radius 2 is 1.41 bits per heavy atom. The Labute approximate surface area is 131 Å². The number of ketones is 2. The molecule has 2 aromatic rings. The van der Waals surface area contributed by atoms with E-state index in [1.54, 1.807) is 0 Å². The molecule has 0 aliphatic heterocycles. The lowest BCUT2D eigenvalue weighted by atomic mass is 9.84. The van der Waals surface area contributed by atoms with Crippen LogP contribution in [0.1, 0.15) is 46.4 Å². The maximum absolute atomic E-state index is 12.7. The normalized spacial score (nSPS) is 20.7. The first-order valence-electron chi connectivity index (χ1n) is 7.93. The largest absolute Gasteiger partial charge is 0.294 e. The third-order valence-electron chi connectivity index (χ3n) is 4.60. The topological polar surface area (TPSA) is 34.1 Å². The van der Waals surface area contributed by atoms with Crippen LogP contribution >= 0.6 is 0 Å². The van der Waals surface area contributed by atoms with Crippen LogP contribution in [0.2, 0.25) is 0 Å². The van der Waals surface area contributed by atoms with E-state index in [2.05, 4.69) is 0 Å². The van der Waals surface area contributed by atoms with Gasteiger partial charge in [-0.2, -0.15) is 0 Å². The van der Waals surface area contributed by atoms with Crippen LogP contribution < -0.4 is 0 Å². The van der Waals surface area contributed by atoms with E-state index in [1.807, 2.05) is 60.7 Å². The van der Waals surface area contributed by atoms with E-state index >= 15 is 0 Å². The molecule has 0 heterocycles. The minimum Gasteiger partial charge on any atom is -0.294 e. The fourth-order valence-electron chi connectivity index (χ4n) is 3.42. The van der Waals surface area contributed by atoms with Gasteiger partial charge >= 0.3 is 0 Å². The van der Waals surface area contributed by atoms with Gasteiger partial charge in [0.05, 0.1) is 0 Å². The van der Waals surface area contributed by atoms with Gasteiger partial charge in [0.15, 0.2) is 11.6 Å². The maximum atomic E-state index is 12.7. The molecule has 0 unspecified atom stereocenters. The van der Waals surface area contributed by atoms with Gasteiger partial charge < -0.3 is 0 Å². The van der Waals surface area contributed by atoms with Crippen molar-refractivity contribution in [2.24, 2.45) is 11.8 Å². The molecule has 0 N–H and O–H groups in total. The van der Waals surface area contributed by atoms with E-state index in [0.29, 0.717) is 6.42 Å². The SMILES string of the molecule is O=C(C[C@H]1CCC[C@H]1C(=O)c1ccccc1)c1ccccc1. The number of rotatable bonds is 5. The molecule has 0 radical (unpaired) electrons. The molecule has 112 valence electrons. The van der Waals surface area contributed by atoms with Crippen LogP contribution in [0.5, 0.6) is 0 Å².